The molecule has 8 nitrogen and oxygen atoms in total. The highest BCUT2D eigenvalue weighted by atomic mass is 16.5. The Bertz CT molecular complexity index is 847. The third kappa shape index (κ3) is 4.95. The van der Waals surface area contributed by atoms with Crippen molar-refractivity contribution in [2.75, 3.05) is 32.5 Å². The second-order valence-electron chi connectivity index (χ2n) is 7.38. The quantitative estimate of drug-likeness (QED) is 0.547. The third-order valence-electron chi connectivity index (χ3n) is 5.43. The van der Waals surface area contributed by atoms with E-state index in [2.05, 4.69) is 27.0 Å². The summed E-state index contributed by atoms with van der Waals surface area (Å²) in [6, 6.07) is 7.57. The van der Waals surface area contributed by atoms with E-state index in [9.17, 15) is 9.59 Å². The molecule has 0 saturated carbocycles. The highest BCUT2D eigenvalue weighted by Gasteiger charge is 2.18. The molecular formula is C21H29N5O3. The summed E-state index contributed by atoms with van der Waals surface area (Å²) in [6.45, 7) is 5.10. The predicted octanol–water partition coefficient (Wildman–Crippen LogP) is 2.24. The standard InChI is InChI=1S/C21H29N5O3/c1-15-6-3-4-12-25(15)13-5-11-23-20(27)16-7-9-17(10-8-16)26-19(22)18(14-24-26)21(28)29-2/h7-10,14-15H,3-6,11-13,22H2,1-2H3,(H,23,27). The van der Waals surface area contributed by atoms with Crippen molar-refractivity contribution in [3.05, 3.63) is 41.6 Å². The van der Waals surface area contributed by atoms with Gasteiger partial charge in [0.25, 0.3) is 5.91 Å². The van der Waals surface area contributed by atoms with Crippen molar-refractivity contribution in [1.82, 2.24) is 20.0 Å². The molecule has 0 radical (unpaired) electrons. The van der Waals surface area contributed by atoms with Crippen LogP contribution < -0.4 is 11.1 Å². The lowest BCUT2D eigenvalue weighted by atomic mass is 10.0. The number of nitrogens with two attached hydrogens (primary N) is 1. The molecule has 1 aliphatic heterocycles. The van der Waals surface area contributed by atoms with Crippen LogP contribution in [0.4, 0.5) is 5.82 Å². The van der Waals surface area contributed by atoms with Gasteiger partial charge in [0.2, 0.25) is 0 Å². The van der Waals surface area contributed by atoms with E-state index in [0.29, 0.717) is 23.8 Å². The van der Waals surface area contributed by atoms with Crippen LogP contribution >= 0.6 is 0 Å². The summed E-state index contributed by atoms with van der Waals surface area (Å²) in [5, 5.41) is 7.10. The van der Waals surface area contributed by atoms with E-state index in [1.165, 1.54) is 37.3 Å². The molecule has 3 N–H and O–H groups in total. The van der Waals surface area contributed by atoms with E-state index in [-0.39, 0.29) is 17.3 Å². The number of nitrogens with zero attached hydrogens (tertiary/aromatic N) is 3. The van der Waals surface area contributed by atoms with Crippen molar-refractivity contribution in [1.29, 1.82) is 0 Å². The Labute approximate surface area is 171 Å². The van der Waals surface area contributed by atoms with Gasteiger partial charge in [-0.1, -0.05) is 6.42 Å². The van der Waals surface area contributed by atoms with E-state index in [0.717, 1.165) is 19.5 Å². The van der Waals surface area contributed by atoms with Crippen LogP contribution in [0, 0.1) is 0 Å². The number of likely N-dealkylation sites (tertiary alicyclic amines) is 1. The van der Waals surface area contributed by atoms with E-state index in [1.54, 1.807) is 24.3 Å². The Morgan fingerprint density at radius 2 is 2.03 bits per heavy atom. The average Bonchev–Trinajstić information content (AvgIpc) is 3.13. The Morgan fingerprint density at radius 1 is 1.28 bits per heavy atom. The molecule has 156 valence electrons. The summed E-state index contributed by atoms with van der Waals surface area (Å²) in [5.74, 6) is -0.448. The van der Waals surface area contributed by atoms with Crippen molar-refractivity contribution in [2.45, 2.75) is 38.6 Å². The van der Waals surface area contributed by atoms with Gasteiger partial charge < -0.3 is 20.7 Å². The summed E-state index contributed by atoms with van der Waals surface area (Å²) < 4.78 is 6.12. The van der Waals surface area contributed by atoms with E-state index in [1.807, 2.05) is 0 Å². The molecule has 1 amide bonds. The molecular weight excluding hydrogens is 370 g/mol. The van der Waals surface area contributed by atoms with Crippen molar-refractivity contribution in [3.63, 3.8) is 0 Å². The van der Waals surface area contributed by atoms with Crippen LogP contribution in [0.5, 0.6) is 0 Å². The van der Waals surface area contributed by atoms with Gasteiger partial charge in [0.05, 0.1) is 19.0 Å². The van der Waals surface area contributed by atoms with E-state index < -0.39 is 5.97 Å². The molecule has 0 spiro atoms. The number of rotatable bonds is 7. The molecule has 1 saturated heterocycles. The average molecular weight is 399 g/mol. The van der Waals surface area contributed by atoms with Crippen molar-refractivity contribution < 1.29 is 14.3 Å². The smallest absolute Gasteiger partial charge is 0.343 e. The summed E-state index contributed by atoms with van der Waals surface area (Å²) in [4.78, 5) is 26.5. The van der Waals surface area contributed by atoms with Crippen LogP contribution in [0.1, 0.15) is 53.3 Å². The van der Waals surface area contributed by atoms with Gasteiger partial charge in [-0.2, -0.15) is 5.10 Å². The number of carbonyl (C=O) groups is 2. The number of carbonyl (C=O) groups excluding carboxylic acids is 2. The number of nitrogen functional groups attached to an aromatic ring is 1. The SMILES string of the molecule is COC(=O)c1cnn(-c2ccc(C(=O)NCCCN3CCCCC3C)cc2)c1N. The lowest BCUT2D eigenvalue weighted by Crippen LogP contribution is -2.39. The molecule has 2 heterocycles. The second-order valence-corrected chi connectivity index (χ2v) is 7.38. The molecule has 1 aromatic heterocycles. The molecule has 8 heteroatoms. The zero-order valence-electron chi connectivity index (χ0n) is 17.1. The normalized spacial score (nSPS) is 17.1. The number of methoxy groups -OCH3 is 1. The van der Waals surface area contributed by atoms with Gasteiger partial charge in [0.15, 0.2) is 0 Å². The topological polar surface area (TPSA) is 102 Å². The number of benzene rings is 1. The molecule has 1 aromatic carbocycles. The third-order valence-corrected chi connectivity index (χ3v) is 5.43. The molecule has 1 aliphatic rings. The number of amides is 1. The van der Waals surface area contributed by atoms with Crippen LogP contribution in [0.25, 0.3) is 5.69 Å². The van der Waals surface area contributed by atoms with Crippen molar-refractivity contribution >= 4 is 17.7 Å². The van der Waals surface area contributed by atoms with Crippen LogP contribution in [0.15, 0.2) is 30.5 Å². The van der Waals surface area contributed by atoms with Gasteiger partial charge in [-0.05, 0) is 57.0 Å². The maximum Gasteiger partial charge on any atom is 0.343 e. The largest absolute Gasteiger partial charge is 0.465 e. The number of ether oxygens (including phenoxy) is 1. The minimum absolute atomic E-state index is 0.105. The molecule has 2 aromatic rings. The zero-order valence-corrected chi connectivity index (χ0v) is 17.1. The molecule has 1 fully saturated rings. The maximum atomic E-state index is 12.4. The van der Waals surface area contributed by atoms with Crippen LogP contribution in [0.3, 0.4) is 0 Å². The van der Waals surface area contributed by atoms with Gasteiger partial charge >= 0.3 is 5.97 Å². The highest BCUT2D eigenvalue weighted by molar-refractivity contribution is 5.95. The molecule has 0 aliphatic carbocycles. The highest BCUT2D eigenvalue weighted by Crippen LogP contribution is 2.19. The Hall–Kier alpha value is -2.87. The fourth-order valence-corrected chi connectivity index (χ4v) is 3.66. The first-order valence-electron chi connectivity index (χ1n) is 10.1. The Balaban J connectivity index is 1.52. The molecule has 0 bridgehead atoms. The Morgan fingerprint density at radius 3 is 2.72 bits per heavy atom. The van der Waals surface area contributed by atoms with Gasteiger partial charge in [0.1, 0.15) is 11.4 Å². The first kappa shape index (κ1) is 20.9. The molecule has 3 rings (SSSR count). The molecule has 1 atom stereocenters. The maximum absolute atomic E-state index is 12.4. The molecule has 29 heavy (non-hydrogen) atoms. The number of nitrogens with one attached hydrogen (secondary N) is 1. The minimum Gasteiger partial charge on any atom is -0.465 e. The van der Waals surface area contributed by atoms with Crippen LogP contribution in [-0.2, 0) is 4.74 Å². The Kier molecular flexibility index (Phi) is 6.87. The summed E-state index contributed by atoms with van der Waals surface area (Å²) in [6.07, 6.45) is 6.16. The fourth-order valence-electron chi connectivity index (χ4n) is 3.66. The lowest BCUT2D eigenvalue weighted by molar-refractivity contribution is 0.0601. The fraction of sp³-hybridized carbons (Fsp3) is 0.476. The number of aromatic nitrogens is 2. The summed E-state index contributed by atoms with van der Waals surface area (Å²) in [7, 11) is 1.29. The van der Waals surface area contributed by atoms with E-state index >= 15 is 0 Å². The van der Waals surface area contributed by atoms with Gasteiger partial charge in [-0.25, -0.2) is 9.48 Å². The summed E-state index contributed by atoms with van der Waals surface area (Å²) >= 11 is 0. The number of hydrogen-bond acceptors (Lipinski definition) is 6. The predicted molar refractivity (Wildman–Crippen MR) is 111 cm³/mol. The van der Waals surface area contributed by atoms with Crippen molar-refractivity contribution in [2.24, 2.45) is 0 Å². The number of hydrogen-bond donors (Lipinski definition) is 2. The monoisotopic (exact) mass is 399 g/mol. The van der Waals surface area contributed by atoms with Gasteiger partial charge in [-0.3, -0.25) is 4.79 Å². The van der Waals surface area contributed by atoms with Crippen LogP contribution in [0.2, 0.25) is 0 Å². The number of esters is 1. The molecule has 1 unspecified atom stereocenters. The van der Waals surface area contributed by atoms with Crippen molar-refractivity contribution in [3.8, 4) is 5.69 Å². The van der Waals surface area contributed by atoms with Crippen LogP contribution in [-0.4, -0.2) is 59.3 Å². The van der Waals surface area contributed by atoms with Gasteiger partial charge in [0, 0.05) is 24.7 Å². The first-order valence-corrected chi connectivity index (χ1v) is 10.1. The first-order chi connectivity index (χ1) is 14.0. The second kappa shape index (κ2) is 9.56. The summed E-state index contributed by atoms with van der Waals surface area (Å²) in [5.41, 5.74) is 7.41. The zero-order chi connectivity index (χ0) is 20.8. The lowest BCUT2D eigenvalue weighted by Gasteiger charge is -2.33. The number of piperidine rings is 1. The number of anilines is 1. The van der Waals surface area contributed by atoms with E-state index in [4.69, 9.17) is 5.73 Å². The van der Waals surface area contributed by atoms with Gasteiger partial charge in [-0.15, -0.1) is 0 Å². The minimum atomic E-state index is -0.538.